The van der Waals surface area contributed by atoms with E-state index in [9.17, 15) is 8.42 Å². The highest BCUT2D eigenvalue weighted by molar-refractivity contribution is 7.89. The van der Waals surface area contributed by atoms with Crippen LogP contribution in [0.1, 0.15) is 38.2 Å². The van der Waals surface area contributed by atoms with E-state index < -0.39 is 10.0 Å². The Bertz CT molecular complexity index is 618. The van der Waals surface area contributed by atoms with Crippen molar-refractivity contribution in [1.29, 1.82) is 0 Å². The fourth-order valence-electron chi connectivity index (χ4n) is 1.77. The molecule has 116 valence electrons. The first-order valence-corrected chi connectivity index (χ1v) is 8.76. The molecule has 4 nitrogen and oxygen atoms in total. The number of aliphatic hydroxyl groups is 1. The van der Waals surface area contributed by atoms with Crippen LogP contribution in [0.5, 0.6) is 0 Å². The van der Waals surface area contributed by atoms with Gasteiger partial charge in [-0.25, -0.2) is 13.1 Å². The molecule has 6 heteroatoms. The van der Waals surface area contributed by atoms with Gasteiger partial charge in [0.2, 0.25) is 10.0 Å². The van der Waals surface area contributed by atoms with Crippen LogP contribution in [0, 0.1) is 11.8 Å². The Labute approximate surface area is 131 Å². The van der Waals surface area contributed by atoms with Gasteiger partial charge in [-0.15, -0.1) is 0 Å². The van der Waals surface area contributed by atoms with Crippen molar-refractivity contribution in [3.05, 3.63) is 28.8 Å². The van der Waals surface area contributed by atoms with Crippen LogP contribution in [-0.2, 0) is 10.0 Å². The predicted octanol–water partition coefficient (Wildman–Crippen LogP) is 2.54. The van der Waals surface area contributed by atoms with Crippen molar-refractivity contribution in [3.63, 3.8) is 0 Å². The third-order valence-corrected chi connectivity index (χ3v) is 4.80. The molecule has 0 aliphatic rings. The molecule has 0 aromatic heterocycles. The van der Waals surface area contributed by atoms with Gasteiger partial charge < -0.3 is 5.11 Å². The van der Waals surface area contributed by atoms with Gasteiger partial charge in [-0.1, -0.05) is 49.6 Å². The predicted molar refractivity (Wildman–Crippen MR) is 84.7 cm³/mol. The molecule has 2 N–H and O–H groups in total. The smallest absolute Gasteiger partial charge is 0.242 e. The van der Waals surface area contributed by atoms with Crippen molar-refractivity contribution in [2.24, 2.45) is 0 Å². The molecular formula is C15H20ClNO3S. The van der Waals surface area contributed by atoms with Crippen LogP contribution in [0.25, 0.3) is 0 Å². The van der Waals surface area contributed by atoms with Crippen LogP contribution >= 0.6 is 11.6 Å². The Morgan fingerprint density at radius 1 is 1.29 bits per heavy atom. The molecule has 0 aliphatic heterocycles. The lowest BCUT2D eigenvalue weighted by atomic mass is 10.2. The zero-order valence-corrected chi connectivity index (χ0v) is 13.6. The molecule has 0 heterocycles. The van der Waals surface area contributed by atoms with Crippen LogP contribution in [0.3, 0.4) is 0 Å². The number of hydrogen-bond donors (Lipinski definition) is 2. The van der Waals surface area contributed by atoms with Crippen molar-refractivity contribution in [3.8, 4) is 11.8 Å². The lowest BCUT2D eigenvalue weighted by molar-refractivity contribution is 0.350. The molecule has 0 atom stereocenters. The maximum absolute atomic E-state index is 12.1. The Morgan fingerprint density at radius 2 is 2.05 bits per heavy atom. The van der Waals surface area contributed by atoms with Gasteiger partial charge in [0.05, 0.1) is 5.02 Å². The van der Waals surface area contributed by atoms with E-state index in [0.717, 1.165) is 25.7 Å². The van der Waals surface area contributed by atoms with Gasteiger partial charge in [0.15, 0.2) is 0 Å². The maximum atomic E-state index is 12.1. The molecule has 0 unspecified atom stereocenters. The zero-order valence-electron chi connectivity index (χ0n) is 12.0. The number of unbranched alkanes of at least 4 members (excludes halogenated alkanes) is 3. The summed E-state index contributed by atoms with van der Waals surface area (Å²) in [6.45, 7) is 2.26. The molecule has 21 heavy (non-hydrogen) atoms. The fourth-order valence-corrected chi connectivity index (χ4v) is 3.39. The summed E-state index contributed by atoms with van der Waals surface area (Å²) in [6.07, 6.45) is 4.02. The van der Waals surface area contributed by atoms with Crippen molar-refractivity contribution < 1.29 is 13.5 Å². The van der Waals surface area contributed by atoms with Crippen LogP contribution < -0.4 is 4.72 Å². The molecule has 0 radical (unpaired) electrons. The van der Waals surface area contributed by atoms with Gasteiger partial charge in [0, 0.05) is 12.1 Å². The maximum Gasteiger partial charge on any atom is 0.242 e. The first-order valence-electron chi connectivity index (χ1n) is 6.90. The van der Waals surface area contributed by atoms with Gasteiger partial charge >= 0.3 is 0 Å². The van der Waals surface area contributed by atoms with E-state index in [2.05, 4.69) is 23.5 Å². The number of nitrogens with one attached hydrogen (secondary N) is 1. The number of benzene rings is 1. The first-order chi connectivity index (χ1) is 10.0. The molecule has 0 saturated heterocycles. The standard InChI is InChI=1S/C15H20ClNO3S/c1-2-3-4-5-10-17-21(19,20)15-9-8-13(7-6-11-18)12-14(15)16/h8-9,12,17-18H,2-5,10-11H2,1H3. The summed E-state index contributed by atoms with van der Waals surface area (Å²) in [7, 11) is -3.59. The van der Waals surface area contributed by atoms with Crippen molar-refractivity contribution in [1.82, 2.24) is 4.72 Å². The SMILES string of the molecule is CCCCCCNS(=O)(=O)c1ccc(C#CCO)cc1Cl. The third-order valence-electron chi connectivity index (χ3n) is 2.86. The van der Waals surface area contributed by atoms with E-state index in [4.69, 9.17) is 16.7 Å². The average Bonchev–Trinajstić information content (AvgIpc) is 2.44. The Hall–Kier alpha value is -1.06. The summed E-state index contributed by atoms with van der Waals surface area (Å²) in [5, 5.41) is 8.75. The molecule has 1 aromatic carbocycles. The summed E-state index contributed by atoms with van der Waals surface area (Å²) < 4.78 is 26.8. The van der Waals surface area contributed by atoms with Crippen LogP contribution in [0.2, 0.25) is 5.02 Å². The van der Waals surface area contributed by atoms with Gasteiger partial charge in [-0.2, -0.15) is 0 Å². The fraction of sp³-hybridized carbons (Fsp3) is 0.467. The van der Waals surface area contributed by atoms with Crippen LogP contribution in [0.4, 0.5) is 0 Å². The number of aliphatic hydroxyl groups excluding tert-OH is 1. The van der Waals surface area contributed by atoms with Crippen molar-refractivity contribution in [2.75, 3.05) is 13.2 Å². The quantitative estimate of drug-likeness (QED) is 0.597. The lowest BCUT2D eigenvalue weighted by Gasteiger charge is -2.08. The number of rotatable bonds is 7. The number of sulfonamides is 1. The highest BCUT2D eigenvalue weighted by Crippen LogP contribution is 2.22. The second kappa shape index (κ2) is 9.06. The highest BCUT2D eigenvalue weighted by atomic mass is 35.5. The second-order valence-electron chi connectivity index (χ2n) is 4.56. The summed E-state index contributed by atoms with van der Waals surface area (Å²) >= 11 is 6.01. The van der Waals surface area contributed by atoms with E-state index in [0.29, 0.717) is 12.1 Å². The normalized spacial score (nSPS) is 11.0. The van der Waals surface area contributed by atoms with Gasteiger partial charge in [-0.05, 0) is 24.6 Å². The van der Waals surface area contributed by atoms with Crippen LogP contribution in [0.15, 0.2) is 23.1 Å². The summed E-state index contributed by atoms with van der Waals surface area (Å²) in [5.74, 6) is 5.17. The second-order valence-corrected chi connectivity index (χ2v) is 6.71. The molecule has 0 amide bonds. The molecule has 0 fully saturated rings. The third kappa shape index (κ3) is 6.06. The van der Waals surface area contributed by atoms with E-state index in [1.165, 1.54) is 12.1 Å². The molecule has 0 aliphatic carbocycles. The minimum Gasteiger partial charge on any atom is -0.384 e. The van der Waals surface area contributed by atoms with E-state index in [-0.39, 0.29) is 16.5 Å². The molecule has 0 saturated carbocycles. The van der Waals surface area contributed by atoms with Crippen LogP contribution in [-0.4, -0.2) is 26.7 Å². The van der Waals surface area contributed by atoms with E-state index in [1.807, 2.05) is 0 Å². The lowest BCUT2D eigenvalue weighted by Crippen LogP contribution is -2.25. The first kappa shape index (κ1) is 18.0. The van der Waals surface area contributed by atoms with Crippen molar-refractivity contribution >= 4 is 21.6 Å². The summed E-state index contributed by atoms with van der Waals surface area (Å²) in [5.41, 5.74) is 0.566. The topological polar surface area (TPSA) is 66.4 Å². The van der Waals surface area contributed by atoms with E-state index >= 15 is 0 Å². The van der Waals surface area contributed by atoms with Gasteiger partial charge in [-0.3, -0.25) is 0 Å². The van der Waals surface area contributed by atoms with Gasteiger partial charge in [0.1, 0.15) is 11.5 Å². The minimum absolute atomic E-state index is 0.0502. The summed E-state index contributed by atoms with van der Waals surface area (Å²) in [4.78, 5) is 0.0502. The average molecular weight is 330 g/mol. The van der Waals surface area contributed by atoms with Crippen molar-refractivity contribution in [2.45, 2.75) is 37.5 Å². The molecule has 1 aromatic rings. The Morgan fingerprint density at radius 3 is 2.67 bits per heavy atom. The number of halogens is 1. The van der Waals surface area contributed by atoms with Gasteiger partial charge in [0.25, 0.3) is 0 Å². The summed E-state index contributed by atoms with van der Waals surface area (Å²) in [6, 6.07) is 4.48. The van der Waals surface area contributed by atoms with E-state index in [1.54, 1.807) is 6.07 Å². The molecule has 1 rings (SSSR count). The zero-order chi connectivity index (χ0) is 15.7. The molecule has 0 spiro atoms. The monoisotopic (exact) mass is 329 g/mol. The Balaban J connectivity index is 2.74. The molecular weight excluding hydrogens is 310 g/mol. The highest BCUT2D eigenvalue weighted by Gasteiger charge is 2.17. The largest absolute Gasteiger partial charge is 0.384 e. The molecule has 0 bridgehead atoms. The minimum atomic E-state index is -3.59. The Kier molecular flexibility index (Phi) is 7.76. The number of hydrogen-bond acceptors (Lipinski definition) is 3.